The number of halogens is 2. The molecule has 0 bridgehead atoms. The SMILES string of the molecule is COC1(CC(=O)c2cc(Cl)sc2Cl)CCC1. The minimum absolute atomic E-state index is 0.0229. The maximum absolute atomic E-state index is 12.0. The normalized spacial score (nSPS) is 18.2. The van der Waals surface area contributed by atoms with E-state index >= 15 is 0 Å². The summed E-state index contributed by atoms with van der Waals surface area (Å²) in [5, 5.41) is 0. The number of ketones is 1. The van der Waals surface area contributed by atoms with Crippen molar-refractivity contribution in [1.82, 2.24) is 0 Å². The largest absolute Gasteiger partial charge is 0.378 e. The lowest BCUT2D eigenvalue weighted by atomic mass is 9.76. The van der Waals surface area contributed by atoms with E-state index in [-0.39, 0.29) is 11.4 Å². The van der Waals surface area contributed by atoms with Gasteiger partial charge in [0.05, 0.1) is 9.94 Å². The van der Waals surface area contributed by atoms with Gasteiger partial charge in [-0.3, -0.25) is 4.79 Å². The number of thiophene rings is 1. The molecule has 0 radical (unpaired) electrons. The standard InChI is InChI=1S/C11H12Cl2O2S/c1-15-11(3-2-4-11)6-8(14)7-5-9(12)16-10(7)13/h5H,2-4,6H2,1H3. The van der Waals surface area contributed by atoms with Crippen LogP contribution < -0.4 is 0 Å². The first-order chi connectivity index (χ1) is 7.56. The van der Waals surface area contributed by atoms with E-state index in [1.807, 2.05) is 0 Å². The first-order valence-corrected chi connectivity index (χ1v) is 6.67. The third kappa shape index (κ3) is 2.28. The van der Waals surface area contributed by atoms with Gasteiger partial charge in [-0.1, -0.05) is 23.2 Å². The summed E-state index contributed by atoms with van der Waals surface area (Å²) < 4.78 is 6.44. The topological polar surface area (TPSA) is 26.3 Å². The zero-order chi connectivity index (χ0) is 11.8. The van der Waals surface area contributed by atoms with E-state index in [1.54, 1.807) is 13.2 Å². The molecular formula is C11H12Cl2O2S. The highest BCUT2D eigenvalue weighted by Crippen LogP contribution is 2.40. The molecule has 5 heteroatoms. The molecule has 0 atom stereocenters. The van der Waals surface area contributed by atoms with Crippen LogP contribution in [0.3, 0.4) is 0 Å². The molecule has 1 aliphatic carbocycles. The summed E-state index contributed by atoms with van der Waals surface area (Å²) >= 11 is 13.0. The number of hydrogen-bond acceptors (Lipinski definition) is 3. The molecule has 2 rings (SSSR count). The average Bonchev–Trinajstić information content (AvgIpc) is 2.51. The fourth-order valence-electron chi connectivity index (χ4n) is 1.94. The highest BCUT2D eigenvalue weighted by molar-refractivity contribution is 7.20. The summed E-state index contributed by atoms with van der Waals surface area (Å²) in [6.45, 7) is 0. The third-order valence-corrected chi connectivity index (χ3v) is 4.63. The van der Waals surface area contributed by atoms with Gasteiger partial charge in [-0.2, -0.15) is 0 Å². The van der Waals surface area contributed by atoms with Gasteiger partial charge in [0.1, 0.15) is 4.34 Å². The molecule has 1 aromatic heterocycles. The van der Waals surface area contributed by atoms with Gasteiger partial charge in [0.2, 0.25) is 0 Å². The maximum atomic E-state index is 12.0. The van der Waals surface area contributed by atoms with Crippen molar-refractivity contribution < 1.29 is 9.53 Å². The summed E-state index contributed by atoms with van der Waals surface area (Å²) in [7, 11) is 1.66. The highest BCUT2D eigenvalue weighted by Gasteiger charge is 2.39. The molecule has 1 aliphatic rings. The van der Waals surface area contributed by atoms with Crippen molar-refractivity contribution >= 4 is 40.3 Å². The molecule has 0 aromatic carbocycles. The van der Waals surface area contributed by atoms with Gasteiger partial charge in [0.15, 0.2) is 5.78 Å². The van der Waals surface area contributed by atoms with Crippen molar-refractivity contribution in [3.8, 4) is 0 Å². The molecule has 2 nitrogen and oxygen atoms in total. The Kier molecular flexibility index (Phi) is 3.59. The minimum atomic E-state index is -0.255. The third-order valence-electron chi connectivity index (χ3n) is 3.14. The Hall–Kier alpha value is -0.0900. The number of ether oxygens (including phenoxy) is 1. The van der Waals surface area contributed by atoms with E-state index < -0.39 is 0 Å². The lowest BCUT2D eigenvalue weighted by Gasteiger charge is -2.39. The van der Waals surface area contributed by atoms with Crippen LogP contribution in [0.2, 0.25) is 8.67 Å². The Morgan fingerprint density at radius 2 is 2.25 bits per heavy atom. The van der Waals surface area contributed by atoms with Crippen molar-refractivity contribution in [3.63, 3.8) is 0 Å². The zero-order valence-electron chi connectivity index (χ0n) is 8.89. The minimum Gasteiger partial charge on any atom is -0.378 e. The summed E-state index contributed by atoms with van der Waals surface area (Å²) in [5.41, 5.74) is 0.273. The van der Waals surface area contributed by atoms with Gasteiger partial charge in [0.25, 0.3) is 0 Å². The summed E-state index contributed by atoms with van der Waals surface area (Å²) in [6, 6.07) is 1.64. The van der Waals surface area contributed by atoms with Gasteiger partial charge in [-0.05, 0) is 25.3 Å². The van der Waals surface area contributed by atoms with E-state index in [2.05, 4.69) is 0 Å². The van der Waals surface area contributed by atoms with Crippen molar-refractivity contribution in [2.24, 2.45) is 0 Å². The molecular weight excluding hydrogens is 267 g/mol. The van der Waals surface area contributed by atoms with Crippen LogP contribution in [0, 0.1) is 0 Å². The van der Waals surface area contributed by atoms with Gasteiger partial charge < -0.3 is 4.74 Å². The number of carbonyl (C=O) groups excluding carboxylic acids is 1. The summed E-state index contributed by atoms with van der Waals surface area (Å²) in [4.78, 5) is 12.0. The number of carbonyl (C=O) groups is 1. The van der Waals surface area contributed by atoms with Gasteiger partial charge in [0, 0.05) is 19.1 Å². The van der Waals surface area contributed by atoms with Gasteiger partial charge >= 0.3 is 0 Å². The predicted molar refractivity (Wildman–Crippen MR) is 66.9 cm³/mol. The molecule has 0 unspecified atom stereocenters. The second kappa shape index (κ2) is 4.65. The van der Waals surface area contributed by atoms with E-state index in [4.69, 9.17) is 27.9 Å². The Morgan fingerprint density at radius 1 is 1.56 bits per heavy atom. The van der Waals surface area contributed by atoms with Crippen LogP contribution in [0.5, 0.6) is 0 Å². The van der Waals surface area contributed by atoms with E-state index in [0.29, 0.717) is 20.7 Å². The molecule has 0 N–H and O–H groups in total. The lowest BCUT2D eigenvalue weighted by molar-refractivity contribution is -0.0704. The molecule has 0 spiro atoms. The highest BCUT2D eigenvalue weighted by atomic mass is 35.5. The van der Waals surface area contributed by atoms with Crippen LogP contribution in [-0.4, -0.2) is 18.5 Å². The molecule has 1 fully saturated rings. The Balaban J connectivity index is 2.11. The fraction of sp³-hybridized carbons (Fsp3) is 0.545. The van der Waals surface area contributed by atoms with Crippen LogP contribution in [-0.2, 0) is 4.74 Å². The second-order valence-corrected chi connectivity index (χ2v) is 6.36. The summed E-state index contributed by atoms with van der Waals surface area (Å²) in [5.74, 6) is 0.0229. The average molecular weight is 279 g/mol. The first-order valence-electron chi connectivity index (χ1n) is 5.09. The fourth-order valence-corrected chi connectivity index (χ4v) is 3.44. The van der Waals surface area contributed by atoms with Crippen LogP contribution >= 0.6 is 34.5 Å². The molecule has 88 valence electrons. The first kappa shape index (κ1) is 12.4. The Bertz CT molecular complexity index is 405. The van der Waals surface area contributed by atoms with Crippen molar-refractivity contribution in [2.45, 2.75) is 31.3 Å². The number of Topliss-reactive ketones (excluding diaryl/α,β-unsaturated/α-hetero) is 1. The van der Waals surface area contributed by atoms with Crippen molar-refractivity contribution in [2.75, 3.05) is 7.11 Å². The van der Waals surface area contributed by atoms with E-state index in [1.165, 1.54) is 11.3 Å². The number of hydrogen-bond donors (Lipinski definition) is 0. The van der Waals surface area contributed by atoms with Crippen LogP contribution in [0.4, 0.5) is 0 Å². The van der Waals surface area contributed by atoms with E-state index in [0.717, 1.165) is 19.3 Å². The zero-order valence-corrected chi connectivity index (χ0v) is 11.2. The molecule has 1 saturated carbocycles. The lowest BCUT2D eigenvalue weighted by Crippen LogP contribution is -2.41. The smallest absolute Gasteiger partial charge is 0.168 e. The maximum Gasteiger partial charge on any atom is 0.168 e. The molecule has 1 heterocycles. The Labute approximate surface area is 109 Å². The monoisotopic (exact) mass is 278 g/mol. The second-order valence-electron chi connectivity index (χ2n) is 4.08. The number of rotatable bonds is 4. The molecule has 1 aromatic rings. The molecule has 0 amide bonds. The Morgan fingerprint density at radius 3 is 2.62 bits per heavy atom. The van der Waals surface area contributed by atoms with Crippen LogP contribution in [0.1, 0.15) is 36.0 Å². The van der Waals surface area contributed by atoms with Crippen LogP contribution in [0.25, 0.3) is 0 Å². The van der Waals surface area contributed by atoms with Crippen molar-refractivity contribution in [3.05, 3.63) is 20.3 Å². The number of methoxy groups -OCH3 is 1. The van der Waals surface area contributed by atoms with Crippen LogP contribution in [0.15, 0.2) is 6.07 Å². The van der Waals surface area contributed by atoms with Crippen molar-refractivity contribution in [1.29, 1.82) is 0 Å². The molecule has 16 heavy (non-hydrogen) atoms. The predicted octanol–water partition coefficient (Wildman–Crippen LogP) is 4.20. The molecule has 0 saturated heterocycles. The quantitative estimate of drug-likeness (QED) is 0.772. The van der Waals surface area contributed by atoms with E-state index in [9.17, 15) is 4.79 Å². The van der Waals surface area contributed by atoms with Gasteiger partial charge in [-0.15, -0.1) is 11.3 Å². The molecule has 0 aliphatic heterocycles. The van der Waals surface area contributed by atoms with Gasteiger partial charge in [-0.25, -0.2) is 0 Å². The summed E-state index contributed by atoms with van der Waals surface area (Å²) in [6.07, 6.45) is 3.42.